The molecule has 1 saturated carbocycles. The van der Waals surface area contributed by atoms with Crippen molar-refractivity contribution in [2.75, 3.05) is 33.4 Å². The number of nitrogens with one attached hydrogen (secondary N) is 2. The number of hydrogen-bond donors (Lipinski definition) is 2. The molecule has 98 valence electrons. The van der Waals surface area contributed by atoms with E-state index >= 15 is 0 Å². The summed E-state index contributed by atoms with van der Waals surface area (Å²) in [7, 11) is 1.70. The highest BCUT2D eigenvalue weighted by Crippen LogP contribution is 2.37. The standard InChI is InChI=1S/C12H22N2O3/c1-16-12(3-2-4-12)7-11(15)14-8-10-9-17-6-5-13-10/h10,13H,2-9H2,1H3,(H,14,15). The van der Waals surface area contributed by atoms with Gasteiger partial charge in [-0.1, -0.05) is 0 Å². The van der Waals surface area contributed by atoms with Gasteiger partial charge in [-0.15, -0.1) is 0 Å². The number of methoxy groups -OCH3 is 1. The first-order valence-electron chi connectivity index (χ1n) is 6.37. The Hall–Kier alpha value is -0.650. The largest absolute Gasteiger partial charge is 0.378 e. The normalized spacial score (nSPS) is 27.2. The van der Waals surface area contributed by atoms with Crippen LogP contribution in [0.3, 0.4) is 0 Å². The van der Waals surface area contributed by atoms with Crippen LogP contribution in [0.4, 0.5) is 0 Å². The van der Waals surface area contributed by atoms with E-state index in [4.69, 9.17) is 9.47 Å². The second-order valence-corrected chi connectivity index (χ2v) is 4.95. The molecule has 0 radical (unpaired) electrons. The summed E-state index contributed by atoms with van der Waals surface area (Å²) >= 11 is 0. The number of hydrogen-bond acceptors (Lipinski definition) is 4. The average Bonchev–Trinajstić information content (AvgIpc) is 2.33. The number of ether oxygens (including phenoxy) is 2. The summed E-state index contributed by atoms with van der Waals surface area (Å²) in [6.45, 7) is 2.94. The van der Waals surface area contributed by atoms with Crippen LogP contribution in [0.2, 0.25) is 0 Å². The van der Waals surface area contributed by atoms with Gasteiger partial charge in [0.1, 0.15) is 0 Å². The van der Waals surface area contributed by atoms with Crippen molar-refractivity contribution in [2.24, 2.45) is 0 Å². The maximum atomic E-state index is 11.8. The van der Waals surface area contributed by atoms with E-state index in [0.717, 1.165) is 26.0 Å². The maximum absolute atomic E-state index is 11.8. The van der Waals surface area contributed by atoms with E-state index in [2.05, 4.69) is 10.6 Å². The number of carbonyl (C=O) groups excluding carboxylic acids is 1. The number of amides is 1. The van der Waals surface area contributed by atoms with Gasteiger partial charge in [0.2, 0.25) is 5.91 Å². The zero-order chi connectivity index (χ0) is 12.1. The Kier molecular flexibility index (Phi) is 4.36. The Bertz CT molecular complexity index is 255. The molecule has 0 aromatic heterocycles. The van der Waals surface area contributed by atoms with Crippen LogP contribution in [-0.4, -0.2) is 51.0 Å². The minimum Gasteiger partial charge on any atom is -0.378 e. The summed E-state index contributed by atoms with van der Waals surface area (Å²) in [6.07, 6.45) is 3.65. The van der Waals surface area contributed by atoms with E-state index in [1.54, 1.807) is 7.11 Å². The van der Waals surface area contributed by atoms with Gasteiger partial charge in [-0.25, -0.2) is 0 Å². The second kappa shape index (κ2) is 5.80. The molecule has 5 nitrogen and oxygen atoms in total. The fourth-order valence-corrected chi connectivity index (χ4v) is 2.37. The SMILES string of the molecule is COC1(CC(=O)NCC2COCCN2)CCC1. The van der Waals surface area contributed by atoms with Gasteiger partial charge in [0.25, 0.3) is 0 Å². The molecule has 2 rings (SSSR count). The van der Waals surface area contributed by atoms with E-state index in [1.807, 2.05) is 0 Å². The van der Waals surface area contributed by atoms with Crippen molar-refractivity contribution in [2.45, 2.75) is 37.3 Å². The van der Waals surface area contributed by atoms with E-state index in [9.17, 15) is 4.79 Å². The Morgan fingerprint density at radius 1 is 1.59 bits per heavy atom. The highest BCUT2D eigenvalue weighted by molar-refractivity contribution is 5.77. The second-order valence-electron chi connectivity index (χ2n) is 4.95. The highest BCUT2D eigenvalue weighted by atomic mass is 16.5. The summed E-state index contributed by atoms with van der Waals surface area (Å²) in [5, 5.41) is 6.26. The molecular formula is C12H22N2O3. The number of rotatable bonds is 5. The monoisotopic (exact) mass is 242 g/mol. The van der Waals surface area contributed by atoms with Crippen molar-refractivity contribution in [1.82, 2.24) is 10.6 Å². The number of morpholine rings is 1. The Labute approximate surface area is 102 Å². The predicted molar refractivity (Wildman–Crippen MR) is 63.8 cm³/mol. The van der Waals surface area contributed by atoms with Gasteiger partial charge in [-0.2, -0.15) is 0 Å². The van der Waals surface area contributed by atoms with Crippen LogP contribution in [0.25, 0.3) is 0 Å². The molecule has 1 saturated heterocycles. The lowest BCUT2D eigenvalue weighted by Gasteiger charge is -2.40. The molecular weight excluding hydrogens is 220 g/mol. The zero-order valence-electron chi connectivity index (χ0n) is 10.5. The van der Waals surface area contributed by atoms with Gasteiger partial charge in [0, 0.05) is 26.2 Å². The van der Waals surface area contributed by atoms with E-state index in [0.29, 0.717) is 19.6 Å². The van der Waals surface area contributed by atoms with Crippen LogP contribution in [-0.2, 0) is 14.3 Å². The molecule has 2 fully saturated rings. The molecule has 1 unspecified atom stereocenters. The first-order valence-corrected chi connectivity index (χ1v) is 6.37. The molecule has 0 bridgehead atoms. The highest BCUT2D eigenvalue weighted by Gasteiger charge is 2.38. The lowest BCUT2D eigenvalue weighted by Crippen LogP contribution is -2.50. The molecule has 2 aliphatic rings. The maximum Gasteiger partial charge on any atom is 0.222 e. The molecule has 1 aliphatic carbocycles. The zero-order valence-corrected chi connectivity index (χ0v) is 10.5. The third kappa shape index (κ3) is 3.40. The molecule has 17 heavy (non-hydrogen) atoms. The molecule has 5 heteroatoms. The van der Waals surface area contributed by atoms with Crippen molar-refractivity contribution in [1.29, 1.82) is 0 Å². The van der Waals surface area contributed by atoms with Crippen LogP contribution < -0.4 is 10.6 Å². The van der Waals surface area contributed by atoms with Crippen LogP contribution in [0, 0.1) is 0 Å². The Morgan fingerprint density at radius 2 is 2.41 bits per heavy atom. The summed E-state index contributed by atoms with van der Waals surface area (Å²) in [4.78, 5) is 11.8. The summed E-state index contributed by atoms with van der Waals surface area (Å²) in [6, 6.07) is 0.243. The summed E-state index contributed by atoms with van der Waals surface area (Å²) < 4.78 is 10.8. The van der Waals surface area contributed by atoms with Crippen LogP contribution in [0.5, 0.6) is 0 Å². The van der Waals surface area contributed by atoms with Crippen molar-refractivity contribution in [3.8, 4) is 0 Å². The average molecular weight is 242 g/mol. The molecule has 1 atom stereocenters. The van der Waals surface area contributed by atoms with E-state index in [1.165, 1.54) is 6.42 Å². The molecule has 0 aromatic rings. The molecule has 1 aliphatic heterocycles. The van der Waals surface area contributed by atoms with E-state index in [-0.39, 0.29) is 17.6 Å². The fraction of sp³-hybridized carbons (Fsp3) is 0.917. The molecule has 0 spiro atoms. The summed E-state index contributed by atoms with van der Waals surface area (Å²) in [5.74, 6) is 0.0823. The van der Waals surface area contributed by atoms with Crippen molar-refractivity contribution < 1.29 is 14.3 Å². The van der Waals surface area contributed by atoms with Crippen LogP contribution >= 0.6 is 0 Å². The Balaban J connectivity index is 1.66. The van der Waals surface area contributed by atoms with Gasteiger partial charge in [-0.05, 0) is 19.3 Å². The predicted octanol–water partition coefficient (Wildman–Crippen LogP) is 0.0502. The lowest BCUT2D eigenvalue weighted by atomic mass is 9.77. The Morgan fingerprint density at radius 3 is 2.94 bits per heavy atom. The van der Waals surface area contributed by atoms with Gasteiger partial charge < -0.3 is 20.1 Å². The minimum absolute atomic E-state index is 0.0823. The molecule has 2 N–H and O–H groups in total. The van der Waals surface area contributed by atoms with Crippen molar-refractivity contribution in [3.63, 3.8) is 0 Å². The topological polar surface area (TPSA) is 59.6 Å². The number of carbonyl (C=O) groups is 1. The molecule has 1 heterocycles. The van der Waals surface area contributed by atoms with Crippen LogP contribution in [0.15, 0.2) is 0 Å². The molecule has 0 aromatic carbocycles. The van der Waals surface area contributed by atoms with Gasteiger partial charge >= 0.3 is 0 Å². The van der Waals surface area contributed by atoms with Crippen LogP contribution in [0.1, 0.15) is 25.7 Å². The third-order valence-corrected chi connectivity index (χ3v) is 3.72. The van der Waals surface area contributed by atoms with Crippen molar-refractivity contribution >= 4 is 5.91 Å². The van der Waals surface area contributed by atoms with Gasteiger partial charge in [0.15, 0.2) is 0 Å². The summed E-state index contributed by atoms with van der Waals surface area (Å²) in [5.41, 5.74) is -0.180. The molecule has 1 amide bonds. The third-order valence-electron chi connectivity index (χ3n) is 3.72. The van der Waals surface area contributed by atoms with E-state index < -0.39 is 0 Å². The van der Waals surface area contributed by atoms with Crippen molar-refractivity contribution in [3.05, 3.63) is 0 Å². The first-order chi connectivity index (χ1) is 8.24. The van der Waals surface area contributed by atoms with Gasteiger partial charge in [0.05, 0.1) is 25.2 Å². The fourth-order valence-electron chi connectivity index (χ4n) is 2.37. The quantitative estimate of drug-likeness (QED) is 0.715. The lowest BCUT2D eigenvalue weighted by molar-refractivity contribution is -0.134. The first kappa shape index (κ1) is 12.8. The van der Waals surface area contributed by atoms with Gasteiger partial charge in [-0.3, -0.25) is 4.79 Å². The smallest absolute Gasteiger partial charge is 0.222 e. The minimum atomic E-state index is -0.180.